The van der Waals surface area contributed by atoms with Gasteiger partial charge in [0.2, 0.25) is 0 Å². The van der Waals surface area contributed by atoms with Crippen molar-refractivity contribution in [2.45, 2.75) is 38.7 Å². The average Bonchev–Trinajstić information content (AvgIpc) is 2.11. The van der Waals surface area contributed by atoms with Crippen molar-refractivity contribution in [1.82, 2.24) is 0 Å². The summed E-state index contributed by atoms with van der Waals surface area (Å²) in [7, 11) is 0. The number of carbonyl (C=O) groups excluding carboxylic acids is 2. The van der Waals surface area contributed by atoms with Crippen LogP contribution in [0, 0.1) is 0 Å². The van der Waals surface area contributed by atoms with Crippen LogP contribution in [0.3, 0.4) is 0 Å². The van der Waals surface area contributed by atoms with Crippen LogP contribution < -0.4 is 11.5 Å². The topological polar surface area (TPSA) is 105 Å². The van der Waals surface area contributed by atoms with E-state index in [-0.39, 0.29) is 12.7 Å². The van der Waals surface area contributed by atoms with Crippen molar-refractivity contribution in [3.8, 4) is 0 Å². The number of hydrogen-bond acceptors (Lipinski definition) is 4. The number of amides is 2. The summed E-state index contributed by atoms with van der Waals surface area (Å²) in [5.74, 6) is 0. The van der Waals surface area contributed by atoms with Gasteiger partial charge in [0.15, 0.2) is 0 Å². The number of hydrogen-bond donors (Lipinski definition) is 2. The lowest BCUT2D eigenvalue weighted by Gasteiger charge is -2.15. The summed E-state index contributed by atoms with van der Waals surface area (Å²) < 4.78 is 9.41. The van der Waals surface area contributed by atoms with Crippen LogP contribution in [-0.4, -0.2) is 24.9 Å². The Morgan fingerprint density at radius 1 is 1.20 bits per heavy atom. The van der Waals surface area contributed by atoms with E-state index in [0.29, 0.717) is 12.8 Å². The molecular formula is C9H18N2O4. The molecule has 0 aromatic rings. The molecule has 0 heterocycles. The molecule has 6 nitrogen and oxygen atoms in total. The van der Waals surface area contributed by atoms with Gasteiger partial charge in [-0.2, -0.15) is 0 Å². The first-order valence-electron chi connectivity index (χ1n) is 4.94. The number of rotatable bonds is 7. The van der Waals surface area contributed by atoms with Crippen LogP contribution in [0.15, 0.2) is 0 Å². The van der Waals surface area contributed by atoms with Crippen molar-refractivity contribution >= 4 is 12.2 Å². The predicted molar refractivity (Wildman–Crippen MR) is 54.1 cm³/mol. The highest BCUT2D eigenvalue weighted by atomic mass is 16.6. The van der Waals surface area contributed by atoms with E-state index in [1.165, 1.54) is 0 Å². The Hall–Kier alpha value is -1.46. The molecule has 1 atom stereocenters. The minimum atomic E-state index is -0.794. The van der Waals surface area contributed by atoms with Gasteiger partial charge in [0.1, 0.15) is 6.10 Å². The molecule has 0 aliphatic rings. The first-order valence-corrected chi connectivity index (χ1v) is 4.94. The lowest BCUT2D eigenvalue weighted by molar-refractivity contribution is 0.0869. The Bertz CT molecular complexity index is 208. The largest absolute Gasteiger partial charge is 0.450 e. The molecule has 2 amide bonds. The van der Waals surface area contributed by atoms with E-state index < -0.39 is 12.2 Å². The molecule has 6 heteroatoms. The van der Waals surface area contributed by atoms with Gasteiger partial charge in [0, 0.05) is 0 Å². The van der Waals surface area contributed by atoms with Gasteiger partial charge in [-0.3, -0.25) is 0 Å². The lowest BCUT2D eigenvalue weighted by Crippen LogP contribution is -2.23. The summed E-state index contributed by atoms with van der Waals surface area (Å²) in [4.78, 5) is 20.8. The van der Waals surface area contributed by atoms with E-state index in [2.05, 4.69) is 4.74 Å². The molecule has 0 bridgehead atoms. The van der Waals surface area contributed by atoms with Crippen LogP contribution in [0.4, 0.5) is 9.59 Å². The summed E-state index contributed by atoms with van der Waals surface area (Å²) in [5, 5.41) is 0. The highest BCUT2D eigenvalue weighted by molar-refractivity contribution is 5.65. The fourth-order valence-electron chi connectivity index (χ4n) is 1.23. The summed E-state index contributed by atoms with van der Waals surface area (Å²) >= 11 is 0. The fraction of sp³-hybridized carbons (Fsp3) is 0.778. The second-order valence-corrected chi connectivity index (χ2v) is 3.16. The van der Waals surface area contributed by atoms with Gasteiger partial charge in [0.05, 0.1) is 6.61 Å². The van der Waals surface area contributed by atoms with Crippen molar-refractivity contribution in [2.24, 2.45) is 11.5 Å². The van der Waals surface area contributed by atoms with E-state index in [1.54, 1.807) is 0 Å². The molecule has 0 saturated carbocycles. The number of carbonyl (C=O) groups is 2. The van der Waals surface area contributed by atoms with Crippen molar-refractivity contribution in [2.75, 3.05) is 6.61 Å². The van der Waals surface area contributed by atoms with E-state index in [4.69, 9.17) is 16.2 Å². The third kappa shape index (κ3) is 8.86. The molecule has 88 valence electrons. The Labute approximate surface area is 88.9 Å². The fourth-order valence-corrected chi connectivity index (χ4v) is 1.23. The third-order valence-electron chi connectivity index (χ3n) is 1.81. The van der Waals surface area contributed by atoms with Crippen LogP contribution in [0.5, 0.6) is 0 Å². The van der Waals surface area contributed by atoms with Crippen molar-refractivity contribution in [3.05, 3.63) is 0 Å². The van der Waals surface area contributed by atoms with Gasteiger partial charge in [-0.25, -0.2) is 9.59 Å². The molecule has 0 aliphatic carbocycles. The predicted octanol–water partition coefficient (Wildman–Crippen LogP) is 1.13. The van der Waals surface area contributed by atoms with Crippen LogP contribution in [-0.2, 0) is 9.47 Å². The maximum atomic E-state index is 10.5. The zero-order valence-corrected chi connectivity index (χ0v) is 8.90. The van der Waals surface area contributed by atoms with E-state index in [1.807, 2.05) is 6.92 Å². The quantitative estimate of drug-likeness (QED) is 0.625. The monoisotopic (exact) mass is 218 g/mol. The van der Waals surface area contributed by atoms with Crippen molar-refractivity contribution in [1.29, 1.82) is 0 Å². The zero-order valence-electron chi connectivity index (χ0n) is 8.90. The standard InChI is InChI=1S/C9H18N2O4/c1-2-4-7(15-9(11)13)5-3-6-14-8(10)12/h7H,2-6H2,1H3,(H2,10,12)(H2,11,13). The average molecular weight is 218 g/mol. The zero-order chi connectivity index (χ0) is 11.7. The highest BCUT2D eigenvalue weighted by Gasteiger charge is 2.11. The molecule has 0 spiro atoms. The summed E-state index contributed by atoms with van der Waals surface area (Å²) in [6.45, 7) is 2.22. The maximum absolute atomic E-state index is 10.5. The SMILES string of the molecule is CCCC(CCCOC(N)=O)OC(N)=O. The van der Waals surface area contributed by atoms with Crippen molar-refractivity contribution in [3.63, 3.8) is 0 Å². The molecule has 15 heavy (non-hydrogen) atoms. The molecule has 0 aromatic carbocycles. The highest BCUT2D eigenvalue weighted by Crippen LogP contribution is 2.09. The molecule has 0 radical (unpaired) electrons. The molecule has 0 fully saturated rings. The number of nitrogens with two attached hydrogens (primary N) is 2. The molecule has 0 aliphatic heterocycles. The Kier molecular flexibility index (Phi) is 7.13. The third-order valence-corrected chi connectivity index (χ3v) is 1.81. The summed E-state index contributed by atoms with van der Waals surface area (Å²) in [5.41, 5.74) is 9.69. The van der Waals surface area contributed by atoms with Crippen LogP contribution in [0.1, 0.15) is 32.6 Å². The second kappa shape index (κ2) is 7.90. The smallest absolute Gasteiger partial charge is 0.404 e. The van der Waals surface area contributed by atoms with Gasteiger partial charge >= 0.3 is 12.2 Å². The van der Waals surface area contributed by atoms with Gasteiger partial charge < -0.3 is 20.9 Å². The van der Waals surface area contributed by atoms with E-state index in [9.17, 15) is 9.59 Å². The van der Waals surface area contributed by atoms with E-state index >= 15 is 0 Å². The molecule has 0 saturated heterocycles. The maximum Gasteiger partial charge on any atom is 0.404 e. The number of primary amides is 2. The van der Waals surface area contributed by atoms with Crippen molar-refractivity contribution < 1.29 is 19.1 Å². The molecule has 1 unspecified atom stereocenters. The van der Waals surface area contributed by atoms with Gasteiger partial charge in [0.25, 0.3) is 0 Å². The summed E-state index contributed by atoms with van der Waals surface area (Å²) in [6.07, 6.45) is 1.09. The van der Waals surface area contributed by atoms with Crippen LogP contribution in [0.2, 0.25) is 0 Å². The second-order valence-electron chi connectivity index (χ2n) is 3.16. The Morgan fingerprint density at radius 3 is 2.33 bits per heavy atom. The lowest BCUT2D eigenvalue weighted by atomic mass is 10.1. The van der Waals surface area contributed by atoms with Gasteiger partial charge in [-0.15, -0.1) is 0 Å². The molecule has 0 aromatic heterocycles. The minimum Gasteiger partial charge on any atom is -0.450 e. The normalized spacial score (nSPS) is 11.8. The molecular weight excluding hydrogens is 200 g/mol. The van der Waals surface area contributed by atoms with E-state index in [0.717, 1.165) is 12.8 Å². The minimum absolute atomic E-state index is 0.205. The first-order chi connectivity index (χ1) is 7.06. The Balaban J connectivity index is 3.65. The summed E-state index contributed by atoms with van der Waals surface area (Å²) in [6, 6.07) is 0. The molecule has 4 N–H and O–H groups in total. The Morgan fingerprint density at radius 2 is 1.87 bits per heavy atom. The van der Waals surface area contributed by atoms with Gasteiger partial charge in [-0.1, -0.05) is 13.3 Å². The van der Waals surface area contributed by atoms with Gasteiger partial charge in [-0.05, 0) is 19.3 Å². The number of ether oxygens (including phenoxy) is 2. The van der Waals surface area contributed by atoms with Crippen LogP contribution >= 0.6 is 0 Å². The molecule has 0 rings (SSSR count). The van der Waals surface area contributed by atoms with Crippen LogP contribution in [0.25, 0.3) is 0 Å². The first kappa shape index (κ1) is 13.5.